The van der Waals surface area contributed by atoms with E-state index in [2.05, 4.69) is 10.6 Å². The number of benzene rings is 3. The summed E-state index contributed by atoms with van der Waals surface area (Å²) in [6.45, 7) is 4.04. The van der Waals surface area contributed by atoms with Gasteiger partial charge in [0.05, 0.1) is 6.61 Å². The summed E-state index contributed by atoms with van der Waals surface area (Å²) in [6.07, 6.45) is 4.81. The Bertz CT molecular complexity index is 1270. The topological polar surface area (TPSA) is 84.5 Å². The highest BCUT2D eigenvalue weighted by Crippen LogP contribution is 2.22. The Balaban J connectivity index is 1.75. The third-order valence-corrected chi connectivity index (χ3v) is 5.94. The molecule has 0 saturated carbocycles. The van der Waals surface area contributed by atoms with E-state index in [0.29, 0.717) is 23.6 Å². The van der Waals surface area contributed by atoms with Crippen LogP contribution in [0.15, 0.2) is 102 Å². The van der Waals surface area contributed by atoms with E-state index in [9.17, 15) is 14.4 Å². The van der Waals surface area contributed by atoms with Crippen LogP contribution in [0.3, 0.4) is 0 Å². The van der Waals surface area contributed by atoms with Gasteiger partial charge in [0.15, 0.2) is 0 Å². The summed E-state index contributed by atoms with van der Waals surface area (Å²) < 4.78 is 4.87. The summed E-state index contributed by atoms with van der Waals surface area (Å²) in [7, 11) is 0. The first-order valence-corrected chi connectivity index (χ1v) is 12.5. The molecule has 0 aliphatic rings. The van der Waals surface area contributed by atoms with Gasteiger partial charge in [-0.3, -0.25) is 9.59 Å². The van der Waals surface area contributed by atoms with Gasteiger partial charge in [-0.2, -0.15) is 0 Å². The largest absolute Gasteiger partial charge is 0.463 e. The molecule has 3 aromatic rings. The molecule has 0 spiro atoms. The second-order valence-electron chi connectivity index (χ2n) is 7.68. The van der Waals surface area contributed by atoms with Crippen molar-refractivity contribution in [3.63, 3.8) is 0 Å². The van der Waals surface area contributed by atoms with Crippen LogP contribution in [0.5, 0.6) is 0 Å². The van der Waals surface area contributed by atoms with Crippen LogP contribution in [-0.4, -0.2) is 30.1 Å². The smallest absolute Gasteiger partial charge is 0.330 e. The molecular formula is C29H28N2O4S. The minimum absolute atomic E-state index is 0.133. The highest BCUT2D eigenvalue weighted by atomic mass is 32.2. The Hall–Kier alpha value is -4.10. The molecule has 3 aromatic carbocycles. The molecule has 6 nitrogen and oxygen atoms in total. The monoisotopic (exact) mass is 500 g/mol. The molecule has 7 heteroatoms. The molecule has 0 saturated heterocycles. The molecular weight excluding hydrogens is 472 g/mol. The molecule has 36 heavy (non-hydrogen) atoms. The molecule has 2 amide bonds. The van der Waals surface area contributed by atoms with Crippen molar-refractivity contribution in [2.24, 2.45) is 0 Å². The minimum atomic E-state index is -0.438. The molecule has 0 unspecified atom stereocenters. The van der Waals surface area contributed by atoms with E-state index in [1.54, 1.807) is 49.4 Å². The van der Waals surface area contributed by atoms with E-state index in [4.69, 9.17) is 4.74 Å². The maximum absolute atomic E-state index is 13.2. The number of carbonyl (C=O) groups is 3. The predicted molar refractivity (Wildman–Crippen MR) is 145 cm³/mol. The maximum atomic E-state index is 13.2. The van der Waals surface area contributed by atoms with Crippen LogP contribution < -0.4 is 10.6 Å². The number of rotatable bonds is 10. The van der Waals surface area contributed by atoms with Crippen LogP contribution in [0.1, 0.15) is 28.4 Å². The highest BCUT2D eigenvalue weighted by molar-refractivity contribution is 7.99. The second kappa shape index (κ2) is 13.7. The van der Waals surface area contributed by atoms with E-state index in [1.165, 1.54) is 17.8 Å². The first-order valence-electron chi connectivity index (χ1n) is 11.5. The lowest BCUT2D eigenvalue weighted by Crippen LogP contribution is -2.30. The molecule has 0 heterocycles. The van der Waals surface area contributed by atoms with Crippen molar-refractivity contribution in [1.82, 2.24) is 5.32 Å². The lowest BCUT2D eigenvalue weighted by atomic mass is 10.1. The number of amides is 2. The van der Waals surface area contributed by atoms with E-state index in [1.807, 2.05) is 55.5 Å². The van der Waals surface area contributed by atoms with Gasteiger partial charge in [-0.1, -0.05) is 54.6 Å². The molecule has 0 atom stereocenters. The number of nitrogens with one attached hydrogen (secondary N) is 2. The molecule has 0 aliphatic heterocycles. The molecule has 0 aliphatic carbocycles. The van der Waals surface area contributed by atoms with Gasteiger partial charge in [0.2, 0.25) is 0 Å². The molecule has 0 bridgehead atoms. The molecule has 0 fully saturated rings. The standard InChI is InChI=1S/C29H28N2O4S/c1-3-35-27(32)17-10-18-36-25-16-9-15-24(20-25)30-29(34)26(19-23-14-8-7-11-21(23)2)31-28(33)22-12-5-4-6-13-22/h4-17,19-20H,3,18H2,1-2H3,(H,30,34)(H,31,33)/b17-10+,26-19-. The van der Waals surface area contributed by atoms with Gasteiger partial charge in [0.25, 0.3) is 11.8 Å². The van der Waals surface area contributed by atoms with Crippen LogP contribution in [-0.2, 0) is 14.3 Å². The zero-order chi connectivity index (χ0) is 25.8. The van der Waals surface area contributed by atoms with Crippen molar-refractivity contribution >= 4 is 41.3 Å². The van der Waals surface area contributed by atoms with Gasteiger partial charge in [-0.05, 0) is 61.4 Å². The van der Waals surface area contributed by atoms with Gasteiger partial charge in [-0.15, -0.1) is 11.8 Å². The van der Waals surface area contributed by atoms with E-state index in [0.717, 1.165) is 16.0 Å². The lowest BCUT2D eigenvalue weighted by Gasteiger charge is -2.12. The maximum Gasteiger partial charge on any atom is 0.330 e. The summed E-state index contributed by atoms with van der Waals surface area (Å²) in [5.41, 5.74) is 2.98. The quantitative estimate of drug-likeness (QED) is 0.215. The van der Waals surface area contributed by atoms with Crippen molar-refractivity contribution in [1.29, 1.82) is 0 Å². The Labute approximate surface area is 215 Å². The summed E-state index contributed by atoms with van der Waals surface area (Å²) in [5.74, 6) is -0.610. The number of thioether (sulfide) groups is 1. The van der Waals surface area contributed by atoms with Crippen molar-refractivity contribution in [2.75, 3.05) is 17.7 Å². The number of hydrogen-bond donors (Lipinski definition) is 2. The van der Waals surface area contributed by atoms with Gasteiger partial charge in [0.1, 0.15) is 5.70 Å². The lowest BCUT2D eigenvalue weighted by molar-refractivity contribution is -0.137. The third-order valence-electron chi connectivity index (χ3n) is 5.00. The van der Waals surface area contributed by atoms with Crippen molar-refractivity contribution in [3.8, 4) is 0 Å². The number of ether oxygens (including phenoxy) is 1. The number of anilines is 1. The van der Waals surface area contributed by atoms with Crippen LogP contribution in [0.2, 0.25) is 0 Å². The summed E-state index contributed by atoms with van der Waals surface area (Å²) in [6, 6.07) is 23.7. The molecule has 3 rings (SSSR count). The van der Waals surface area contributed by atoms with Crippen LogP contribution in [0.25, 0.3) is 6.08 Å². The number of aryl methyl sites for hydroxylation is 1. The average Bonchev–Trinajstić information content (AvgIpc) is 2.88. The zero-order valence-electron chi connectivity index (χ0n) is 20.2. The Morgan fingerprint density at radius 1 is 0.944 bits per heavy atom. The second-order valence-corrected chi connectivity index (χ2v) is 8.78. The van der Waals surface area contributed by atoms with Crippen LogP contribution >= 0.6 is 11.8 Å². The van der Waals surface area contributed by atoms with Crippen LogP contribution in [0.4, 0.5) is 5.69 Å². The summed E-state index contributed by atoms with van der Waals surface area (Å²) in [5, 5.41) is 5.64. The van der Waals surface area contributed by atoms with Gasteiger partial charge >= 0.3 is 5.97 Å². The first kappa shape index (κ1) is 26.5. The number of carbonyl (C=O) groups excluding carboxylic acids is 3. The van der Waals surface area contributed by atoms with Crippen LogP contribution in [0, 0.1) is 6.92 Å². The normalized spacial score (nSPS) is 11.2. The summed E-state index contributed by atoms with van der Waals surface area (Å²) in [4.78, 5) is 38.4. The molecule has 184 valence electrons. The van der Waals surface area contributed by atoms with Crippen molar-refractivity contribution in [3.05, 3.63) is 113 Å². The average molecular weight is 501 g/mol. The fourth-order valence-corrected chi connectivity index (χ4v) is 3.96. The van der Waals surface area contributed by atoms with Crippen molar-refractivity contribution < 1.29 is 19.1 Å². The Morgan fingerprint density at radius 3 is 2.44 bits per heavy atom. The number of esters is 1. The highest BCUT2D eigenvalue weighted by Gasteiger charge is 2.15. The Morgan fingerprint density at radius 2 is 1.69 bits per heavy atom. The minimum Gasteiger partial charge on any atom is -0.463 e. The molecule has 0 radical (unpaired) electrons. The SMILES string of the molecule is CCOC(=O)/C=C/CSc1cccc(NC(=O)/C(=C/c2ccccc2C)NC(=O)c2ccccc2)c1. The fourth-order valence-electron chi connectivity index (χ4n) is 3.19. The molecule has 2 N–H and O–H groups in total. The van der Waals surface area contributed by atoms with E-state index < -0.39 is 5.91 Å². The predicted octanol–water partition coefficient (Wildman–Crippen LogP) is 5.62. The first-order chi connectivity index (χ1) is 17.5. The van der Waals surface area contributed by atoms with Gasteiger partial charge < -0.3 is 15.4 Å². The van der Waals surface area contributed by atoms with Gasteiger partial charge in [-0.25, -0.2) is 4.79 Å². The van der Waals surface area contributed by atoms with Gasteiger partial charge in [0, 0.05) is 28.0 Å². The van der Waals surface area contributed by atoms with Crippen molar-refractivity contribution in [2.45, 2.75) is 18.7 Å². The Kier molecular flexibility index (Phi) is 10.1. The third kappa shape index (κ3) is 8.29. The zero-order valence-corrected chi connectivity index (χ0v) is 21.0. The van der Waals surface area contributed by atoms with E-state index in [-0.39, 0.29) is 17.6 Å². The fraction of sp³-hybridized carbons (Fsp3) is 0.138. The number of hydrogen-bond acceptors (Lipinski definition) is 5. The van der Waals surface area contributed by atoms with E-state index >= 15 is 0 Å². The molecule has 0 aromatic heterocycles. The summed E-state index contributed by atoms with van der Waals surface area (Å²) >= 11 is 1.51.